The smallest absolute Gasteiger partial charge is 0.281 e. The molecule has 4 rings (SSSR count). The second-order valence-electron chi connectivity index (χ2n) is 5.01. The van der Waals surface area contributed by atoms with Crippen molar-refractivity contribution in [2.75, 3.05) is 0 Å². The molecule has 23 heavy (non-hydrogen) atoms. The van der Waals surface area contributed by atoms with Crippen LogP contribution in [0, 0.1) is 10.1 Å². The van der Waals surface area contributed by atoms with Gasteiger partial charge in [-0.1, -0.05) is 6.07 Å². The van der Waals surface area contributed by atoms with E-state index in [0.717, 1.165) is 6.29 Å². The molecule has 0 bridgehead atoms. The van der Waals surface area contributed by atoms with E-state index in [0.29, 0.717) is 39.0 Å². The van der Waals surface area contributed by atoms with Crippen LogP contribution >= 0.6 is 0 Å². The molecule has 0 atom stereocenters. The fourth-order valence-corrected chi connectivity index (χ4v) is 2.59. The van der Waals surface area contributed by atoms with Gasteiger partial charge in [0.15, 0.2) is 5.82 Å². The number of nitro benzene ring substituents is 1. The Morgan fingerprint density at radius 1 is 1.17 bits per heavy atom. The van der Waals surface area contributed by atoms with Gasteiger partial charge in [-0.15, -0.1) is 0 Å². The minimum Gasteiger partial charge on any atom is -0.337 e. The molecule has 2 aromatic carbocycles. The second kappa shape index (κ2) is 4.73. The third-order valence-corrected chi connectivity index (χ3v) is 3.63. The Balaban J connectivity index is 1.99. The number of aldehydes is 1. The number of H-pyrrole nitrogens is 2. The van der Waals surface area contributed by atoms with Crippen LogP contribution in [0.15, 0.2) is 36.4 Å². The number of carbonyl (C=O) groups is 1. The topological polar surface area (TPSA) is 118 Å². The Labute approximate surface area is 128 Å². The van der Waals surface area contributed by atoms with E-state index in [2.05, 4.69) is 20.2 Å². The number of nitro groups is 1. The number of aromatic nitrogens is 4. The van der Waals surface area contributed by atoms with Crippen LogP contribution < -0.4 is 0 Å². The van der Waals surface area contributed by atoms with Crippen molar-refractivity contribution >= 4 is 33.9 Å². The second-order valence-corrected chi connectivity index (χ2v) is 5.01. The summed E-state index contributed by atoms with van der Waals surface area (Å²) in [5, 5.41) is 18.6. The molecular weight excluding hydrogens is 298 g/mol. The molecule has 0 unspecified atom stereocenters. The molecule has 8 nitrogen and oxygen atoms in total. The summed E-state index contributed by atoms with van der Waals surface area (Å²) in [5.41, 5.74) is 2.73. The van der Waals surface area contributed by atoms with Crippen molar-refractivity contribution in [3.63, 3.8) is 0 Å². The van der Waals surface area contributed by atoms with Gasteiger partial charge in [0, 0.05) is 11.6 Å². The van der Waals surface area contributed by atoms with Crippen LogP contribution in [-0.2, 0) is 0 Å². The Kier molecular flexibility index (Phi) is 2.70. The fraction of sp³-hybridized carbons (Fsp3) is 0. The van der Waals surface area contributed by atoms with Crippen LogP contribution in [0.25, 0.3) is 33.5 Å². The van der Waals surface area contributed by atoms with Gasteiger partial charge in [-0.3, -0.25) is 20.0 Å². The maximum atomic E-state index is 11.2. The van der Waals surface area contributed by atoms with Crippen LogP contribution in [0.4, 0.5) is 5.69 Å². The van der Waals surface area contributed by atoms with Gasteiger partial charge in [0.25, 0.3) is 5.69 Å². The van der Waals surface area contributed by atoms with E-state index in [1.165, 1.54) is 6.07 Å². The average molecular weight is 307 g/mol. The van der Waals surface area contributed by atoms with Gasteiger partial charge in [0.2, 0.25) is 0 Å². The van der Waals surface area contributed by atoms with Crippen molar-refractivity contribution in [3.05, 3.63) is 52.1 Å². The third kappa shape index (κ3) is 1.96. The molecule has 0 aliphatic carbocycles. The minimum absolute atomic E-state index is 0.0414. The average Bonchev–Trinajstić information content (AvgIpc) is 3.16. The number of hydrogen-bond donors (Lipinski definition) is 2. The van der Waals surface area contributed by atoms with E-state index in [9.17, 15) is 14.9 Å². The Morgan fingerprint density at radius 3 is 2.83 bits per heavy atom. The molecule has 112 valence electrons. The van der Waals surface area contributed by atoms with Crippen LogP contribution in [0.3, 0.4) is 0 Å². The van der Waals surface area contributed by atoms with Gasteiger partial charge < -0.3 is 4.98 Å². The molecule has 8 heteroatoms. The van der Waals surface area contributed by atoms with Gasteiger partial charge in [0.1, 0.15) is 17.4 Å². The number of benzene rings is 2. The summed E-state index contributed by atoms with van der Waals surface area (Å²) < 4.78 is 0. The maximum absolute atomic E-state index is 11.2. The highest BCUT2D eigenvalue weighted by Crippen LogP contribution is 2.32. The summed E-state index contributed by atoms with van der Waals surface area (Å²) in [6.45, 7) is 0. The van der Waals surface area contributed by atoms with Gasteiger partial charge in [-0.2, -0.15) is 5.10 Å². The molecular formula is C15H9N5O3. The van der Waals surface area contributed by atoms with E-state index >= 15 is 0 Å². The summed E-state index contributed by atoms with van der Waals surface area (Å²) >= 11 is 0. The van der Waals surface area contributed by atoms with Crippen molar-refractivity contribution in [3.8, 4) is 11.5 Å². The van der Waals surface area contributed by atoms with E-state index in [1.54, 1.807) is 30.3 Å². The van der Waals surface area contributed by atoms with Gasteiger partial charge in [0.05, 0.1) is 21.5 Å². The monoisotopic (exact) mass is 307 g/mol. The highest BCUT2D eigenvalue weighted by molar-refractivity contribution is 5.99. The first kappa shape index (κ1) is 13.1. The molecule has 0 saturated carbocycles. The molecule has 2 heterocycles. The van der Waals surface area contributed by atoms with Crippen molar-refractivity contribution in [2.45, 2.75) is 0 Å². The highest BCUT2D eigenvalue weighted by atomic mass is 16.6. The molecule has 2 N–H and O–H groups in total. The highest BCUT2D eigenvalue weighted by Gasteiger charge is 2.21. The van der Waals surface area contributed by atoms with Crippen molar-refractivity contribution in [1.82, 2.24) is 20.2 Å². The molecule has 0 radical (unpaired) electrons. The first-order valence-corrected chi connectivity index (χ1v) is 6.74. The van der Waals surface area contributed by atoms with Crippen LogP contribution in [0.5, 0.6) is 0 Å². The lowest BCUT2D eigenvalue weighted by molar-refractivity contribution is -0.383. The maximum Gasteiger partial charge on any atom is 0.281 e. The molecule has 0 spiro atoms. The molecule has 2 aromatic heterocycles. The predicted molar refractivity (Wildman–Crippen MR) is 83.2 cm³/mol. The number of hydrogen-bond acceptors (Lipinski definition) is 5. The van der Waals surface area contributed by atoms with E-state index < -0.39 is 4.92 Å². The first-order chi connectivity index (χ1) is 11.2. The molecule has 0 saturated heterocycles. The molecule has 0 aliphatic rings. The number of fused-ring (bicyclic) bond motifs is 2. The summed E-state index contributed by atoms with van der Waals surface area (Å²) in [4.78, 5) is 29.1. The standard InChI is InChI=1S/C15H9N5O3/c21-7-8-4-5-9-11(6-8)17-15(16-9)14-13-10(18-19-14)2-1-3-12(13)20(22)23/h1-7H,(H,16,17)(H,18,19). The van der Waals surface area contributed by atoms with Crippen molar-refractivity contribution < 1.29 is 9.72 Å². The number of non-ortho nitro benzene ring substituents is 1. The van der Waals surface area contributed by atoms with Crippen LogP contribution in [-0.4, -0.2) is 31.4 Å². The number of rotatable bonds is 3. The van der Waals surface area contributed by atoms with Crippen LogP contribution in [0.2, 0.25) is 0 Å². The zero-order valence-electron chi connectivity index (χ0n) is 11.6. The van der Waals surface area contributed by atoms with E-state index in [1.807, 2.05) is 0 Å². The summed E-state index contributed by atoms with van der Waals surface area (Å²) in [6.07, 6.45) is 0.745. The van der Waals surface area contributed by atoms with E-state index in [-0.39, 0.29) is 5.69 Å². The molecule has 0 aliphatic heterocycles. The molecule has 0 fully saturated rings. The number of nitrogens with zero attached hydrogens (tertiary/aromatic N) is 3. The summed E-state index contributed by atoms with van der Waals surface area (Å²) in [5.74, 6) is 0.406. The quantitative estimate of drug-likeness (QED) is 0.343. The number of nitrogens with one attached hydrogen (secondary N) is 2. The summed E-state index contributed by atoms with van der Waals surface area (Å²) in [6, 6.07) is 9.77. The SMILES string of the molecule is O=Cc1ccc2nc(-c3n[nH]c4cccc([N+](=O)[O-])c34)[nH]c2c1. The Morgan fingerprint density at radius 2 is 2.04 bits per heavy atom. The Hall–Kier alpha value is -3.55. The summed E-state index contributed by atoms with van der Waals surface area (Å²) in [7, 11) is 0. The normalized spacial score (nSPS) is 11.1. The predicted octanol–water partition coefficient (Wildman–Crippen LogP) is 2.83. The lowest BCUT2D eigenvalue weighted by Gasteiger charge is -1.95. The molecule has 0 amide bonds. The zero-order valence-corrected chi connectivity index (χ0v) is 11.6. The zero-order chi connectivity index (χ0) is 16.0. The van der Waals surface area contributed by atoms with Crippen molar-refractivity contribution in [2.24, 2.45) is 0 Å². The van der Waals surface area contributed by atoms with Gasteiger partial charge in [-0.05, 0) is 24.3 Å². The largest absolute Gasteiger partial charge is 0.337 e. The first-order valence-electron chi connectivity index (χ1n) is 6.74. The van der Waals surface area contributed by atoms with E-state index in [4.69, 9.17) is 0 Å². The van der Waals surface area contributed by atoms with Crippen LogP contribution in [0.1, 0.15) is 10.4 Å². The van der Waals surface area contributed by atoms with Crippen molar-refractivity contribution in [1.29, 1.82) is 0 Å². The lowest BCUT2D eigenvalue weighted by atomic mass is 10.1. The van der Waals surface area contributed by atoms with Gasteiger partial charge >= 0.3 is 0 Å². The Bertz CT molecular complexity index is 1080. The molecule has 4 aromatic rings. The lowest BCUT2D eigenvalue weighted by Crippen LogP contribution is -1.90. The number of imidazole rings is 1. The fourth-order valence-electron chi connectivity index (χ4n) is 2.59. The number of carbonyl (C=O) groups excluding carboxylic acids is 1. The van der Waals surface area contributed by atoms with Gasteiger partial charge in [-0.25, -0.2) is 4.98 Å². The minimum atomic E-state index is -0.450. The number of aromatic amines is 2. The third-order valence-electron chi connectivity index (χ3n) is 3.63.